The van der Waals surface area contributed by atoms with Crippen LogP contribution in [0, 0.1) is 13.8 Å². The Balaban J connectivity index is 1.35. The fourth-order valence-corrected chi connectivity index (χ4v) is 5.48. The first-order valence-electron chi connectivity index (χ1n) is 11.8. The van der Waals surface area contributed by atoms with E-state index >= 15 is 0 Å². The van der Waals surface area contributed by atoms with Gasteiger partial charge in [-0.2, -0.15) is 0 Å². The van der Waals surface area contributed by atoms with Crippen molar-refractivity contribution in [2.75, 3.05) is 36.8 Å². The Bertz CT molecular complexity index is 1440. The molecule has 0 spiro atoms. The van der Waals surface area contributed by atoms with Crippen LogP contribution in [0.4, 0.5) is 5.69 Å². The molecule has 0 aliphatic carbocycles. The van der Waals surface area contributed by atoms with Crippen LogP contribution in [0.3, 0.4) is 0 Å². The van der Waals surface area contributed by atoms with Crippen molar-refractivity contribution < 1.29 is 4.79 Å². The van der Waals surface area contributed by atoms with Crippen LogP contribution in [-0.2, 0) is 4.79 Å². The van der Waals surface area contributed by atoms with E-state index in [0.29, 0.717) is 29.1 Å². The number of carbonyl (C=O) groups excluding carboxylic acids is 1. The van der Waals surface area contributed by atoms with Gasteiger partial charge in [-0.15, -0.1) is 0 Å². The highest BCUT2D eigenvalue weighted by Crippen LogP contribution is 2.25. The van der Waals surface area contributed by atoms with E-state index in [-0.39, 0.29) is 17.2 Å². The van der Waals surface area contributed by atoms with Crippen molar-refractivity contribution in [1.82, 2.24) is 14.5 Å². The Morgan fingerprint density at radius 3 is 2.11 bits per heavy atom. The zero-order valence-electron chi connectivity index (χ0n) is 20.0. The van der Waals surface area contributed by atoms with Gasteiger partial charge in [0.1, 0.15) is 0 Å². The number of nitrogens with zero attached hydrogens (tertiary/aromatic N) is 4. The molecule has 1 aliphatic heterocycles. The van der Waals surface area contributed by atoms with Gasteiger partial charge in [0.2, 0.25) is 5.91 Å². The maximum Gasteiger partial charge on any atom is 0.266 e. The third-order valence-electron chi connectivity index (χ3n) is 6.51. The number of aromatic nitrogens is 2. The van der Waals surface area contributed by atoms with Crippen LogP contribution in [0.2, 0.25) is 0 Å². The van der Waals surface area contributed by atoms with E-state index in [2.05, 4.69) is 30.0 Å². The standard InChI is InChI=1S/C28H28N4O2S/c1-20-9-3-7-13-24(20)30-15-17-31(18-16-30)26(33)19-35-28-29-23-12-6-5-11-22(23)27(34)32(28)25-14-8-4-10-21(25)2/h3-14H,15-19H2,1-2H3. The number of carbonyl (C=O) groups is 1. The van der Waals surface area contributed by atoms with Crippen molar-refractivity contribution in [3.63, 3.8) is 0 Å². The van der Waals surface area contributed by atoms with E-state index in [4.69, 9.17) is 4.98 Å². The predicted molar refractivity (Wildman–Crippen MR) is 143 cm³/mol. The SMILES string of the molecule is Cc1ccccc1N1CCN(C(=O)CSc2nc3ccccc3c(=O)n2-c2ccccc2C)CC1. The third-order valence-corrected chi connectivity index (χ3v) is 7.44. The van der Waals surface area contributed by atoms with Gasteiger partial charge in [0.15, 0.2) is 5.16 Å². The van der Waals surface area contributed by atoms with Gasteiger partial charge in [-0.3, -0.25) is 14.2 Å². The number of hydrogen-bond acceptors (Lipinski definition) is 5. The molecular weight excluding hydrogens is 456 g/mol. The van der Waals surface area contributed by atoms with E-state index < -0.39 is 0 Å². The number of thioether (sulfide) groups is 1. The number of para-hydroxylation sites is 3. The van der Waals surface area contributed by atoms with Crippen molar-refractivity contribution in [2.45, 2.75) is 19.0 Å². The molecule has 0 saturated carbocycles. The number of hydrogen-bond donors (Lipinski definition) is 0. The molecule has 7 heteroatoms. The second kappa shape index (κ2) is 9.96. The van der Waals surface area contributed by atoms with Gasteiger partial charge in [-0.25, -0.2) is 4.98 Å². The number of amides is 1. The predicted octanol–water partition coefficient (Wildman–Crippen LogP) is 4.44. The number of rotatable bonds is 5. The summed E-state index contributed by atoms with van der Waals surface area (Å²) in [6.45, 7) is 7.08. The molecule has 4 aromatic rings. The van der Waals surface area contributed by atoms with E-state index in [0.717, 1.165) is 24.3 Å². The maximum atomic E-state index is 13.5. The number of fused-ring (bicyclic) bond motifs is 1. The minimum atomic E-state index is -0.119. The lowest BCUT2D eigenvalue weighted by atomic mass is 10.1. The second-order valence-corrected chi connectivity index (χ2v) is 9.72. The van der Waals surface area contributed by atoms with Gasteiger partial charge in [-0.1, -0.05) is 60.3 Å². The quantitative estimate of drug-likeness (QED) is 0.310. The lowest BCUT2D eigenvalue weighted by Crippen LogP contribution is -2.49. The largest absolute Gasteiger partial charge is 0.368 e. The summed E-state index contributed by atoms with van der Waals surface area (Å²) in [6, 6.07) is 23.5. The normalized spacial score (nSPS) is 13.9. The molecule has 3 aromatic carbocycles. The first-order valence-corrected chi connectivity index (χ1v) is 12.8. The number of piperazine rings is 1. The molecule has 0 unspecified atom stereocenters. The first-order chi connectivity index (χ1) is 17.0. The lowest BCUT2D eigenvalue weighted by Gasteiger charge is -2.36. The molecule has 2 heterocycles. The molecule has 35 heavy (non-hydrogen) atoms. The Labute approximate surface area is 209 Å². The summed E-state index contributed by atoms with van der Waals surface area (Å²) in [6.07, 6.45) is 0. The van der Waals surface area contributed by atoms with Crippen molar-refractivity contribution in [2.24, 2.45) is 0 Å². The first kappa shape index (κ1) is 23.2. The fourth-order valence-electron chi connectivity index (χ4n) is 4.57. The van der Waals surface area contributed by atoms with Gasteiger partial charge in [-0.05, 0) is 49.2 Å². The van der Waals surface area contributed by atoms with Crippen molar-refractivity contribution in [3.05, 3.63) is 94.3 Å². The van der Waals surface area contributed by atoms with E-state index in [1.165, 1.54) is 23.0 Å². The average molecular weight is 485 g/mol. The second-order valence-electron chi connectivity index (χ2n) is 8.78. The Morgan fingerprint density at radius 2 is 1.43 bits per heavy atom. The smallest absolute Gasteiger partial charge is 0.266 e. The summed E-state index contributed by atoms with van der Waals surface area (Å²) in [4.78, 5) is 35.6. The highest BCUT2D eigenvalue weighted by molar-refractivity contribution is 7.99. The van der Waals surface area contributed by atoms with Crippen molar-refractivity contribution in [3.8, 4) is 5.69 Å². The zero-order chi connectivity index (χ0) is 24.4. The molecule has 1 amide bonds. The molecule has 1 fully saturated rings. The molecule has 1 aromatic heterocycles. The Hall–Kier alpha value is -3.58. The molecule has 6 nitrogen and oxygen atoms in total. The molecule has 5 rings (SSSR count). The summed E-state index contributed by atoms with van der Waals surface area (Å²) >= 11 is 1.33. The number of aryl methyl sites for hydroxylation is 2. The van der Waals surface area contributed by atoms with E-state index in [9.17, 15) is 9.59 Å². The van der Waals surface area contributed by atoms with Crippen LogP contribution in [0.15, 0.2) is 82.7 Å². The molecule has 0 radical (unpaired) electrons. The molecule has 0 N–H and O–H groups in total. The number of anilines is 1. The summed E-state index contributed by atoms with van der Waals surface area (Å²) in [5, 5.41) is 1.11. The minimum Gasteiger partial charge on any atom is -0.368 e. The fraction of sp³-hybridized carbons (Fsp3) is 0.250. The summed E-state index contributed by atoms with van der Waals surface area (Å²) in [5.74, 6) is 0.305. The molecule has 178 valence electrons. The van der Waals surface area contributed by atoms with Crippen LogP contribution in [0.25, 0.3) is 16.6 Å². The molecule has 1 saturated heterocycles. The van der Waals surface area contributed by atoms with Crippen LogP contribution in [0.5, 0.6) is 0 Å². The molecular formula is C28H28N4O2S. The van der Waals surface area contributed by atoms with E-state index in [1.807, 2.05) is 60.4 Å². The van der Waals surface area contributed by atoms with Crippen molar-refractivity contribution >= 4 is 34.3 Å². The van der Waals surface area contributed by atoms with Crippen molar-refractivity contribution in [1.29, 1.82) is 0 Å². The van der Waals surface area contributed by atoms with Crippen LogP contribution in [0.1, 0.15) is 11.1 Å². The van der Waals surface area contributed by atoms with Crippen LogP contribution >= 0.6 is 11.8 Å². The van der Waals surface area contributed by atoms with Gasteiger partial charge in [0.05, 0.1) is 22.3 Å². The summed E-state index contributed by atoms with van der Waals surface area (Å²) < 4.78 is 1.64. The Morgan fingerprint density at radius 1 is 0.829 bits per heavy atom. The van der Waals surface area contributed by atoms with Gasteiger partial charge < -0.3 is 9.80 Å². The lowest BCUT2D eigenvalue weighted by molar-refractivity contribution is -0.128. The molecule has 1 aliphatic rings. The van der Waals surface area contributed by atoms with Crippen LogP contribution in [-0.4, -0.2) is 52.3 Å². The van der Waals surface area contributed by atoms with Crippen LogP contribution < -0.4 is 10.5 Å². The topological polar surface area (TPSA) is 58.4 Å². The average Bonchev–Trinajstić information content (AvgIpc) is 2.88. The van der Waals surface area contributed by atoms with Gasteiger partial charge in [0, 0.05) is 31.9 Å². The maximum absolute atomic E-state index is 13.5. The minimum absolute atomic E-state index is 0.0678. The molecule has 0 bridgehead atoms. The van der Waals surface area contributed by atoms with E-state index in [1.54, 1.807) is 10.6 Å². The summed E-state index contributed by atoms with van der Waals surface area (Å²) in [5.41, 5.74) is 4.77. The summed E-state index contributed by atoms with van der Waals surface area (Å²) in [7, 11) is 0. The zero-order valence-corrected chi connectivity index (χ0v) is 20.8. The Kier molecular flexibility index (Phi) is 6.59. The highest BCUT2D eigenvalue weighted by atomic mass is 32.2. The number of benzene rings is 3. The van der Waals surface area contributed by atoms with Gasteiger partial charge >= 0.3 is 0 Å². The third kappa shape index (κ3) is 4.68. The monoisotopic (exact) mass is 484 g/mol. The van der Waals surface area contributed by atoms with Gasteiger partial charge in [0.25, 0.3) is 5.56 Å². The molecule has 0 atom stereocenters. The highest BCUT2D eigenvalue weighted by Gasteiger charge is 2.23.